The summed E-state index contributed by atoms with van der Waals surface area (Å²) in [6, 6.07) is 0.119. The van der Waals surface area contributed by atoms with Crippen LogP contribution >= 0.6 is 0 Å². The number of likely N-dealkylation sites (N-methyl/N-ethyl adjacent to an activating group) is 1. The smallest absolute Gasteiger partial charge is 0.184 e. The lowest BCUT2D eigenvalue weighted by Gasteiger charge is -2.40. The number of aliphatic hydroxyl groups excluding tert-OH is 1. The molecule has 1 fully saturated rings. The molecule has 78 valence electrons. The molecule has 1 saturated heterocycles. The summed E-state index contributed by atoms with van der Waals surface area (Å²) in [6.45, 7) is 1.99. The molecule has 13 heavy (non-hydrogen) atoms. The lowest BCUT2D eigenvalue weighted by Crippen LogP contribution is -2.53. The zero-order valence-corrected chi connectivity index (χ0v) is 8.73. The topological polar surface area (TPSA) is 41.9 Å². The summed E-state index contributed by atoms with van der Waals surface area (Å²) in [5.74, 6) is 0. The number of hydrogen-bond donors (Lipinski definition) is 1. The summed E-state index contributed by atoms with van der Waals surface area (Å²) >= 11 is 0. The van der Waals surface area contributed by atoms with Gasteiger partial charge in [-0.1, -0.05) is 0 Å². The molecular formula is C9H19NO3. The number of nitrogens with zero attached hydrogens (tertiary/aromatic N) is 1. The van der Waals surface area contributed by atoms with E-state index in [1.807, 2.05) is 25.9 Å². The third-order valence-corrected chi connectivity index (χ3v) is 2.51. The molecule has 0 spiro atoms. The molecule has 0 aromatic carbocycles. The Hall–Kier alpha value is -0.160. The summed E-state index contributed by atoms with van der Waals surface area (Å²) in [5, 5.41) is 9.83. The number of rotatable bonds is 2. The average molecular weight is 189 g/mol. The molecule has 4 nitrogen and oxygen atoms in total. The van der Waals surface area contributed by atoms with Crippen molar-refractivity contribution in [2.75, 3.05) is 21.2 Å². The number of ether oxygens (including phenoxy) is 2. The highest BCUT2D eigenvalue weighted by Gasteiger charge is 2.37. The molecule has 0 aromatic heterocycles. The maximum atomic E-state index is 9.83. The monoisotopic (exact) mass is 189 g/mol. The van der Waals surface area contributed by atoms with E-state index < -0.39 is 12.4 Å². The van der Waals surface area contributed by atoms with Crippen molar-refractivity contribution in [1.82, 2.24) is 4.90 Å². The Balaban J connectivity index is 2.63. The van der Waals surface area contributed by atoms with Crippen LogP contribution in [-0.2, 0) is 9.47 Å². The van der Waals surface area contributed by atoms with Gasteiger partial charge in [-0.05, 0) is 27.4 Å². The maximum absolute atomic E-state index is 9.83. The molecule has 1 heterocycles. The van der Waals surface area contributed by atoms with Gasteiger partial charge in [-0.15, -0.1) is 0 Å². The van der Waals surface area contributed by atoms with E-state index >= 15 is 0 Å². The van der Waals surface area contributed by atoms with E-state index in [0.717, 1.165) is 6.42 Å². The van der Waals surface area contributed by atoms with Crippen LogP contribution in [0.3, 0.4) is 0 Å². The van der Waals surface area contributed by atoms with E-state index in [1.54, 1.807) is 7.11 Å². The van der Waals surface area contributed by atoms with Gasteiger partial charge in [-0.25, -0.2) is 0 Å². The molecule has 1 aliphatic rings. The highest BCUT2D eigenvalue weighted by atomic mass is 16.7. The minimum absolute atomic E-state index is 0.119. The van der Waals surface area contributed by atoms with Gasteiger partial charge in [0, 0.05) is 13.2 Å². The van der Waals surface area contributed by atoms with Crippen LogP contribution in [-0.4, -0.2) is 55.8 Å². The highest BCUT2D eigenvalue weighted by Crippen LogP contribution is 2.23. The minimum atomic E-state index is -0.559. The Morgan fingerprint density at radius 1 is 1.46 bits per heavy atom. The predicted molar refractivity (Wildman–Crippen MR) is 49.4 cm³/mol. The first-order valence-electron chi connectivity index (χ1n) is 4.59. The second kappa shape index (κ2) is 4.37. The van der Waals surface area contributed by atoms with Gasteiger partial charge in [0.2, 0.25) is 0 Å². The first kappa shape index (κ1) is 10.9. The van der Waals surface area contributed by atoms with Gasteiger partial charge in [-0.3, -0.25) is 0 Å². The molecule has 3 unspecified atom stereocenters. The molecule has 0 aromatic rings. The van der Waals surface area contributed by atoms with Crippen LogP contribution in [0.4, 0.5) is 0 Å². The van der Waals surface area contributed by atoms with E-state index in [-0.39, 0.29) is 12.1 Å². The van der Waals surface area contributed by atoms with Gasteiger partial charge >= 0.3 is 0 Å². The summed E-state index contributed by atoms with van der Waals surface area (Å²) in [7, 11) is 5.47. The van der Waals surface area contributed by atoms with Crippen LogP contribution in [0, 0.1) is 0 Å². The summed E-state index contributed by atoms with van der Waals surface area (Å²) in [5.41, 5.74) is 0. The Morgan fingerprint density at radius 2 is 2.08 bits per heavy atom. The van der Waals surface area contributed by atoms with Crippen LogP contribution in [0.1, 0.15) is 13.3 Å². The number of hydrogen-bond acceptors (Lipinski definition) is 4. The molecule has 0 saturated carbocycles. The SMILES string of the molecule is COC1OC(C)CC(N(C)C)[C@@H]1O. The van der Waals surface area contributed by atoms with Crippen LogP contribution in [0.2, 0.25) is 0 Å². The molecule has 0 aliphatic carbocycles. The summed E-state index contributed by atoms with van der Waals surface area (Å²) < 4.78 is 10.5. The van der Waals surface area contributed by atoms with Gasteiger partial charge in [0.05, 0.1) is 6.10 Å². The Bertz CT molecular complexity index is 163. The van der Waals surface area contributed by atoms with Crippen molar-refractivity contribution in [1.29, 1.82) is 0 Å². The third-order valence-electron chi connectivity index (χ3n) is 2.51. The van der Waals surface area contributed by atoms with Crippen molar-refractivity contribution >= 4 is 0 Å². The van der Waals surface area contributed by atoms with Crippen molar-refractivity contribution in [3.8, 4) is 0 Å². The summed E-state index contributed by atoms with van der Waals surface area (Å²) in [6.07, 6.45) is -0.0679. The molecular weight excluding hydrogens is 170 g/mol. The zero-order valence-electron chi connectivity index (χ0n) is 8.73. The van der Waals surface area contributed by atoms with E-state index in [1.165, 1.54) is 0 Å². The lowest BCUT2D eigenvalue weighted by molar-refractivity contribution is -0.242. The average Bonchev–Trinajstić information content (AvgIpc) is 2.08. The predicted octanol–water partition coefficient (Wildman–Crippen LogP) is 0.0588. The molecule has 0 amide bonds. The molecule has 1 aliphatic heterocycles. The van der Waals surface area contributed by atoms with Crippen LogP contribution < -0.4 is 0 Å². The standard InChI is InChI=1S/C9H19NO3/c1-6-5-7(10(2)3)8(11)9(12-4)13-6/h6-9,11H,5H2,1-4H3/t6?,7?,8-,9?/m0/s1. The minimum Gasteiger partial charge on any atom is -0.386 e. The molecule has 1 N–H and O–H groups in total. The van der Waals surface area contributed by atoms with E-state index in [9.17, 15) is 5.11 Å². The van der Waals surface area contributed by atoms with Crippen molar-refractivity contribution in [3.05, 3.63) is 0 Å². The number of methoxy groups -OCH3 is 1. The maximum Gasteiger partial charge on any atom is 0.184 e. The fourth-order valence-electron chi connectivity index (χ4n) is 1.74. The van der Waals surface area contributed by atoms with Crippen molar-refractivity contribution in [2.45, 2.75) is 37.9 Å². The van der Waals surface area contributed by atoms with Gasteiger partial charge in [0.1, 0.15) is 6.10 Å². The molecule has 4 atom stereocenters. The van der Waals surface area contributed by atoms with Gasteiger partial charge < -0.3 is 19.5 Å². The van der Waals surface area contributed by atoms with E-state index in [0.29, 0.717) is 0 Å². The van der Waals surface area contributed by atoms with Gasteiger partial charge in [0.15, 0.2) is 6.29 Å². The molecule has 0 radical (unpaired) electrons. The van der Waals surface area contributed by atoms with Crippen molar-refractivity contribution in [2.24, 2.45) is 0 Å². The lowest BCUT2D eigenvalue weighted by atomic mass is 9.99. The fourth-order valence-corrected chi connectivity index (χ4v) is 1.74. The Morgan fingerprint density at radius 3 is 2.54 bits per heavy atom. The Labute approximate surface area is 79.4 Å². The normalized spacial score (nSPS) is 41.1. The number of aliphatic hydroxyl groups is 1. The highest BCUT2D eigenvalue weighted by molar-refractivity contribution is 4.84. The summed E-state index contributed by atoms with van der Waals surface area (Å²) in [4.78, 5) is 2.01. The second-order valence-corrected chi connectivity index (χ2v) is 3.81. The quantitative estimate of drug-likeness (QED) is 0.667. The first-order chi connectivity index (χ1) is 6.06. The van der Waals surface area contributed by atoms with Crippen LogP contribution in [0.15, 0.2) is 0 Å². The fraction of sp³-hybridized carbons (Fsp3) is 1.00. The van der Waals surface area contributed by atoms with Crippen LogP contribution in [0.25, 0.3) is 0 Å². The van der Waals surface area contributed by atoms with E-state index in [4.69, 9.17) is 9.47 Å². The van der Waals surface area contributed by atoms with Crippen molar-refractivity contribution in [3.63, 3.8) is 0 Å². The molecule has 4 heteroatoms. The van der Waals surface area contributed by atoms with Crippen LogP contribution in [0.5, 0.6) is 0 Å². The van der Waals surface area contributed by atoms with Gasteiger partial charge in [0.25, 0.3) is 0 Å². The largest absolute Gasteiger partial charge is 0.386 e. The third kappa shape index (κ3) is 2.40. The zero-order chi connectivity index (χ0) is 10.0. The first-order valence-corrected chi connectivity index (χ1v) is 4.59. The molecule has 0 bridgehead atoms. The molecule has 1 rings (SSSR count). The van der Waals surface area contributed by atoms with Crippen molar-refractivity contribution < 1.29 is 14.6 Å². The Kier molecular flexibility index (Phi) is 3.67. The second-order valence-electron chi connectivity index (χ2n) is 3.81. The van der Waals surface area contributed by atoms with E-state index in [2.05, 4.69) is 0 Å². The van der Waals surface area contributed by atoms with Gasteiger partial charge in [-0.2, -0.15) is 0 Å².